The Morgan fingerprint density at radius 1 is 0.706 bits per heavy atom. The summed E-state index contributed by atoms with van der Waals surface area (Å²) in [5.41, 5.74) is 0. The molecule has 0 heterocycles. The Hall–Kier alpha value is -0.0800. The highest BCUT2D eigenvalue weighted by molar-refractivity contribution is 4.61. The van der Waals surface area contributed by atoms with E-state index in [0.29, 0.717) is 25.0 Å². The first-order valence-electron chi connectivity index (χ1n) is 7.44. The highest BCUT2D eigenvalue weighted by Gasteiger charge is 2.10. The smallest absolute Gasteiger partial charge is 0.0461 e. The Labute approximate surface area is 107 Å². The number of hydrogen-bond donors (Lipinski definition) is 2. The van der Waals surface area contributed by atoms with Gasteiger partial charge in [-0.05, 0) is 24.7 Å². The third-order valence-electron chi connectivity index (χ3n) is 3.66. The van der Waals surface area contributed by atoms with Crippen LogP contribution in [0.3, 0.4) is 0 Å². The van der Waals surface area contributed by atoms with Crippen LogP contribution in [0, 0.1) is 11.8 Å². The first-order valence-corrected chi connectivity index (χ1v) is 7.44. The molecular formula is C15H32O2. The van der Waals surface area contributed by atoms with Crippen molar-refractivity contribution in [1.82, 2.24) is 0 Å². The van der Waals surface area contributed by atoms with Crippen molar-refractivity contribution in [2.75, 3.05) is 13.2 Å². The van der Waals surface area contributed by atoms with Gasteiger partial charge < -0.3 is 10.2 Å². The molecule has 2 nitrogen and oxygen atoms in total. The second-order valence-corrected chi connectivity index (χ2v) is 5.53. The Bertz CT molecular complexity index is 146. The van der Waals surface area contributed by atoms with Gasteiger partial charge in [-0.1, -0.05) is 58.8 Å². The van der Waals surface area contributed by atoms with Gasteiger partial charge in [0.15, 0.2) is 0 Å². The van der Waals surface area contributed by atoms with E-state index in [1.165, 1.54) is 51.4 Å². The van der Waals surface area contributed by atoms with Crippen molar-refractivity contribution in [3.63, 3.8) is 0 Å². The van der Waals surface area contributed by atoms with Crippen molar-refractivity contribution in [3.05, 3.63) is 0 Å². The molecule has 0 radical (unpaired) electrons. The minimum absolute atomic E-state index is 0.345. The third-order valence-corrected chi connectivity index (χ3v) is 3.66. The van der Waals surface area contributed by atoms with Gasteiger partial charge in [0.2, 0.25) is 0 Å². The zero-order chi connectivity index (χ0) is 12.9. The van der Waals surface area contributed by atoms with Gasteiger partial charge >= 0.3 is 0 Å². The van der Waals surface area contributed by atoms with Crippen LogP contribution in [-0.2, 0) is 0 Å². The highest BCUT2D eigenvalue weighted by atomic mass is 16.3. The summed E-state index contributed by atoms with van der Waals surface area (Å²) < 4.78 is 0. The lowest BCUT2D eigenvalue weighted by atomic mass is 9.91. The van der Waals surface area contributed by atoms with Crippen molar-refractivity contribution >= 4 is 0 Å². The molecule has 1 atom stereocenters. The van der Waals surface area contributed by atoms with Crippen LogP contribution in [0.2, 0.25) is 0 Å². The van der Waals surface area contributed by atoms with E-state index in [2.05, 4.69) is 13.8 Å². The van der Waals surface area contributed by atoms with Gasteiger partial charge in [0.25, 0.3) is 0 Å². The van der Waals surface area contributed by atoms with Gasteiger partial charge in [0, 0.05) is 13.2 Å². The Balaban J connectivity index is 3.17. The van der Waals surface area contributed by atoms with E-state index in [9.17, 15) is 5.11 Å². The molecule has 0 aromatic rings. The van der Waals surface area contributed by atoms with E-state index in [1.54, 1.807) is 0 Å². The van der Waals surface area contributed by atoms with Crippen LogP contribution < -0.4 is 0 Å². The largest absolute Gasteiger partial charge is 0.396 e. The molecule has 0 saturated heterocycles. The van der Waals surface area contributed by atoms with Gasteiger partial charge in [0.05, 0.1) is 0 Å². The molecule has 0 aliphatic heterocycles. The zero-order valence-electron chi connectivity index (χ0n) is 11.8. The molecule has 2 heteroatoms. The summed E-state index contributed by atoms with van der Waals surface area (Å²) >= 11 is 0. The second kappa shape index (κ2) is 12.4. The molecule has 2 N–H and O–H groups in total. The van der Waals surface area contributed by atoms with Crippen LogP contribution in [0.25, 0.3) is 0 Å². The van der Waals surface area contributed by atoms with Crippen molar-refractivity contribution in [2.45, 2.75) is 71.6 Å². The molecule has 0 saturated carbocycles. The topological polar surface area (TPSA) is 40.5 Å². The lowest BCUT2D eigenvalue weighted by molar-refractivity contribution is 0.178. The molecule has 0 aromatic carbocycles. The van der Waals surface area contributed by atoms with Crippen LogP contribution in [-0.4, -0.2) is 23.4 Å². The lowest BCUT2D eigenvalue weighted by Gasteiger charge is -2.17. The molecule has 104 valence electrons. The maximum absolute atomic E-state index is 9.20. The summed E-state index contributed by atoms with van der Waals surface area (Å²) in [7, 11) is 0. The predicted molar refractivity (Wildman–Crippen MR) is 74.1 cm³/mol. The van der Waals surface area contributed by atoms with Crippen LogP contribution in [0.5, 0.6) is 0 Å². The van der Waals surface area contributed by atoms with Gasteiger partial charge in [0.1, 0.15) is 0 Å². The minimum Gasteiger partial charge on any atom is -0.396 e. The first kappa shape index (κ1) is 16.9. The fourth-order valence-corrected chi connectivity index (χ4v) is 2.21. The van der Waals surface area contributed by atoms with Crippen LogP contribution in [0.1, 0.15) is 71.6 Å². The molecule has 0 aliphatic rings. The van der Waals surface area contributed by atoms with E-state index in [4.69, 9.17) is 5.11 Å². The van der Waals surface area contributed by atoms with Crippen molar-refractivity contribution < 1.29 is 10.2 Å². The fourth-order valence-electron chi connectivity index (χ4n) is 2.21. The Kier molecular flexibility index (Phi) is 12.3. The summed E-state index contributed by atoms with van der Waals surface area (Å²) in [4.78, 5) is 0. The van der Waals surface area contributed by atoms with Crippen LogP contribution in [0.4, 0.5) is 0 Å². The van der Waals surface area contributed by atoms with Crippen LogP contribution in [0.15, 0.2) is 0 Å². The maximum Gasteiger partial charge on any atom is 0.0461 e. The molecule has 17 heavy (non-hydrogen) atoms. The summed E-state index contributed by atoms with van der Waals surface area (Å²) in [6.07, 6.45) is 11.1. The van der Waals surface area contributed by atoms with Crippen molar-refractivity contribution in [3.8, 4) is 0 Å². The summed E-state index contributed by atoms with van der Waals surface area (Å²) in [5.74, 6) is 1.11. The molecule has 0 aromatic heterocycles. The quantitative estimate of drug-likeness (QED) is 0.513. The molecular weight excluding hydrogens is 212 g/mol. The number of aliphatic hydroxyl groups is 2. The van der Waals surface area contributed by atoms with E-state index in [1.807, 2.05) is 0 Å². The maximum atomic E-state index is 9.20. The average Bonchev–Trinajstić information content (AvgIpc) is 2.31. The molecule has 0 fully saturated rings. The zero-order valence-corrected chi connectivity index (χ0v) is 11.8. The highest BCUT2D eigenvalue weighted by Crippen LogP contribution is 2.18. The number of unbranched alkanes of at least 4 members (excludes halogenated alkanes) is 7. The first-order chi connectivity index (χ1) is 8.22. The van der Waals surface area contributed by atoms with E-state index >= 15 is 0 Å². The summed E-state index contributed by atoms with van der Waals surface area (Å²) in [6.45, 7) is 5.08. The van der Waals surface area contributed by atoms with Gasteiger partial charge in [-0.15, -0.1) is 0 Å². The normalized spacial score (nSPS) is 13.2. The van der Waals surface area contributed by atoms with Gasteiger partial charge in [-0.25, -0.2) is 0 Å². The number of rotatable bonds is 12. The Morgan fingerprint density at radius 3 is 1.59 bits per heavy atom. The number of aliphatic hydroxyl groups excluding tert-OH is 2. The van der Waals surface area contributed by atoms with E-state index < -0.39 is 0 Å². The summed E-state index contributed by atoms with van der Waals surface area (Å²) in [6, 6.07) is 0. The Morgan fingerprint density at radius 2 is 1.18 bits per heavy atom. The second-order valence-electron chi connectivity index (χ2n) is 5.53. The molecule has 0 rings (SSSR count). The van der Waals surface area contributed by atoms with E-state index in [-0.39, 0.29) is 0 Å². The van der Waals surface area contributed by atoms with Gasteiger partial charge in [-0.3, -0.25) is 0 Å². The van der Waals surface area contributed by atoms with Crippen molar-refractivity contribution in [2.24, 2.45) is 11.8 Å². The van der Waals surface area contributed by atoms with E-state index in [0.717, 1.165) is 6.42 Å². The third kappa shape index (κ3) is 10.8. The molecule has 1 unspecified atom stereocenters. The molecule has 0 aliphatic carbocycles. The van der Waals surface area contributed by atoms with Crippen LogP contribution >= 0.6 is 0 Å². The SMILES string of the molecule is CC(C)C(CO)CCCCCCCCCCO. The molecule has 0 amide bonds. The average molecular weight is 244 g/mol. The minimum atomic E-state index is 0.345. The predicted octanol–water partition coefficient (Wildman–Crippen LogP) is 3.75. The number of hydrogen-bond acceptors (Lipinski definition) is 2. The summed E-state index contributed by atoms with van der Waals surface area (Å²) in [5, 5.41) is 17.8. The monoisotopic (exact) mass is 244 g/mol. The lowest BCUT2D eigenvalue weighted by Crippen LogP contribution is -2.13. The van der Waals surface area contributed by atoms with Crippen molar-refractivity contribution in [1.29, 1.82) is 0 Å². The molecule has 0 bridgehead atoms. The standard InChI is InChI=1S/C15H32O2/c1-14(2)15(13-17)11-9-7-5-3-4-6-8-10-12-16/h14-17H,3-13H2,1-2H3. The van der Waals surface area contributed by atoms with Gasteiger partial charge in [-0.2, -0.15) is 0 Å². The fraction of sp³-hybridized carbons (Fsp3) is 1.00. The molecule has 0 spiro atoms.